The summed E-state index contributed by atoms with van der Waals surface area (Å²) in [6.45, 7) is 1.64. The molecule has 1 N–H and O–H groups in total. The highest BCUT2D eigenvalue weighted by atomic mass is 79.9. The van der Waals surface area contributed by atoms with Crippen LogP contribution < -0.4 is 5.32 Å². The molecule has 1 rings (SSSR count). The summed E-state index contributed by atoms with van der Waals surface area (Å²) in [7, 11) is 4.02. The van der Waals surface area contributed by atoms with Crippen LogP contribution in [0.4, 0.5) is 0 Å². The van der Waals surface area contributed by atoms with E-state index in [1.54, 1.807) is 12.3 Å². The minimum atomic E-state index is -0.119. The van der Waals surface area contributed by atoms with Gasteiger partial charge in [0.25, 0.3) is 5.91 Å². The Bertz CT molecular complexity index is 338. The standard InChI is InChI=1S/C11H16BrN3O/c1-15(2)7-3-6-13-11(16)10-5-4-9(12)8-14-10/h4-5,8H,3,6-7H2,1-2H3,(H,13,16). The number of pyridine rings is 1. The number of rotatable bonds is 5. The predicted molar refractivity (Wildman–Crippen MR) is 67.4 cm³/mol. The SMILES string of the molecule is CN(C)CCCNC(=O)c1ccc(Br)cn1. The minimum Gasteiger partial charge on any atom is -0.351 e. The van der Waals surface area contributed by atoms with Crippen LogP contribution in [0.25, 0.3) is 0 Å². The summed E-state index contributed by atoms with van der Waals surface area (Å²) >= 11 is 3.27. The van der Waals surface area contributed by atoms with Gasteiger partial charge in [-0.15, -0.1) is 0 Å². The van der Waals surface area contributed by atoms with E-state index in [4.69, 9.17) is 0 Å². The van der Waals surface area contributed by atoms with Crippen molar-refractivity contribution in [2.75, 3.05) is 27.2 Å². The first-order chi connectivity index (χ1) is 7.59. The van der Waals surface area contributed by atoms with Crippen LogP contribution in [0.15, 0.2) is 22.8 Å². The average molecular weight is 286 g/mol. The Balaban J connectivity index is 2.32. The first-order valence-corrected chi connectivity index (χ1v) is 5.93. The van der Waals surface area contributed by atoms with Crippen molar-refractivity contribution in [2.24, 2.45) is 0 Å². The quantitative estimate of drug-likeness (QED) is 0.835. The Labute approximate surface area is 104 Å². The molecule has 5 heteroatoms. The molecule has 0 aliphatic heterocycles. The van der Waals surface area contributed by atoms with Gasteiger partial charge in [0.15, 0.2) is 0 Å². The van der Waals surface area contributed by atoms with Crippen molar-refractivity contribution in [1.29, 1.82) is 0 Å². The van der Waals surface area contributed by atoms with Gasteiger partial charge in [0, 0.05) is 17.2 Å². The third kappa shape index (κ3) is 4.72. The molecule has 0 fully saturated rings. The maximum Gasteiger partial charge on any atom is 0.269 e. The second-order valence-electron chi connectivity index (χ2n) is 3.77. The first kappa shape index (κ1) is 13.1. The van der Waals surface area contributed by atoms with Crippen LogP contribution in [0, 0.1) is 0 Å². The van der Waals surface area contributed by atoms with Crippen LogP contribution in [0.5, 0.6) is 0 Å². The van der Waals surface area contributed by atoms with Gasteiger partial charge in [0.1, 0.15) is 5.69 Å². The number of carbonyl (C=O) groups excluding carboxylic acids is 1. The van der Waals surface area contributed by atoms with Crippen molar-refractivity contribution in [3.63, 3.8) is 0 Å². The van der Waals surface area contributed by atoms with E-state index in [0.717, 1.165) is 17.4 Å². The van der Waals surface area contributed by atoms with E-state index in [0.29, 0.717) is 12.2 Å². The van der Waals surface area contributed by atoms with Gasteiger partial charge in [0.2, 0.25) is 0 Å². The smallest absolute Gasteiger partial charge is 0.269 e. The molecule has 0 atom stereocenters. The van der Waals surface area contributed by atoms with Gasteiger partial charge in [0.05, 0.1) is 0 Å². The van der Waals surface area contributed by atoms with Gasteiger partial charge in [-0.3, -0.25) is 4.79 Å². The molecule has 16 heavy (non-hydrogen) atoms. The highest BCUT2D eigenvalue weighted by molar-refractivity contribution is 9.10. The van der Waals surface area contributed by atoms with Crippen molar-refractivity contribution >= 4 is 21.8 Å². The molecule has 0 aliphatic carbocycles. The third-order valence-corrected chi connectivity index (χ3v) is 2.50. The highest BCUT2D eigenvalue weighted by Gasteiger charge is 2.05. The largest absolute Gasteiger partial charge is 0.351 e. The fourth-order valence-corrected chi connectivity index (χ4v) is 1.43. The van der Waals surface area contributed by atoms with Gasteiger partial charge in [-0.25, -0.2) is 4.98 Å². The summed E-state index contributed by atoms with van der Waals surface area (Å²) in [4.78, 5) is 17.7. The Morgan fingerprint density at radius 1 is 1.50 bits per heavy atom. The number of amides is 1. The van der Waals surface area contributed by atoms with Crippen LogP contribution in [0.3, 0.4) is 0 Å². The molecule has 1 heterocycles. The third-order valence-electron chi connectivity index (χ3n) is 2.03. The maximum absolute atomic E-state index is 11.6. The number of hydrogen-bond acceptors (Lipinski definition) is 3. The molecule has 0 bridgehead atoms. The molecule has 0 radical (unpaired) electrons. The Hall–Kier alpha value is -0.940. The maximum atomic E-state index is 11.6. The fraction of sp³-hybridized carbons (Fsp3) is 0.455. The molecular weight excluding hydrogens is 270 g/mol. The van der Waals surface area contributed by atoms with Gasteiger partial charge in [-0.05, 0) is 55.1 Å². The molecule has 0 aromatic carbocycles. The lowest BCUT2D eigenvalue weighted by Gasteiger charge is -2.09. The normalized spacial score (nSPS) is 10.5. The van der Waals surface area contributed by atoms with Crippen molar-refractivity contribution < 1.29 is 4.79 Å². The van der Waals surface area contributed by atoms with E-state index in [2.05, 4.69) is 31.1 Å². The summed E-state index contributed by atoms with van der Waals surface area (Å²) in [6, 6.07) is 3.51. The lowest BCUT2D eigenvalue weighted by atomic mass is 10.3. The summed E-state index contributed by atoms with van der Waals surface area (Å²) in [5.74, 6) is -0.119. The topological polar surface area (TPSA) is 45.2 Å². The van der Waals surface area contributed by atoms with Crippen molar-refractivity contribution in [1.82, 2.24) is 15.2 Å². The minimum absolute atomic E-state index is 0.119. The predicted octanol–water partition coefficient (Wildman–Crippen LogP) is 1.53. The van der Waals surface area contributed by atoms with Gasteiger partial charge >= 0.3 is 0 Å². The van der Waals surface area contributed by atoms with Crippen LogP contribution >= 0.6 is 15.9 Å². The Morgan fingerprint density at radius 3 is 2.81 bits per heavy atom. The van der Waals surface area contributed by atoms with Crippen LogP contribution in [-0.2, 0) is 0 Å². The highest BCUT2D eigenvalue weighted by Crippen LogP contribution is 2.07. The molecule has 1 amide bonds. The Kier molecular flexibility index (Phi) is 5.42. The van der Waals surface area contributed by atoms with E-state index >= 15 is 0 Å². The van der Waals surface area contributed by atoms with Crippen molar-refractivity contribution in [3.8, 4) is 0 Å². The van der Waals surface area contributed by atoms with E-state index in [1.165, 1.54) is 0 Å². The van der Waals surface area contributed by atoms with E-state index < -0.39 is 0 Å². The molecule has 1 aromatic rings. The lowest BCUT2D eigenvalue weighted by Crippen LogP contribution is -2.27. The molecule has 0 spiro atoms. The molecule has 0 saturated carbocycles. The number of nitrogens with one attached hydrogen (secondary N) is 1. The molecule has 1 aromatic heterocycles. The second-order valence-corrected chi connectivity index (χ2v) is 4.69. The summed E-state index contributed by atoms with van der Waals surface area (Å²) < 4.78 is 0.872. The van der Waals surface area contributed by atoms with Gasteiger partial charge in [-0.2, -0.15) is 0 Å². The number of nitrogens with zero attached hydrogens (tertiary/aromatic N) is 2. The van der Waals surface area contributed by atoms with E-state index in [1.807, 2.05) is 20.2 Å². The Morgan fingerprint density at radius 2 is 2.25 bits per heavy atom. The van der Waals surface area contributed by atoms with Crippen LogP contribution in [0.1, 0.15) is 16.9 Å². The van der Waals surface area contributed by atoms with Crippen LogP contribution in [-0.4, -0.2) is 43.0 Å². The summed E-state index contributed by atoms with van der Waals surface area (Å²) in [6.07, 6.45) is 2.56. The van der Waals surface area contributed by atoms with E-state index in [-0.39, 0.29) is 5.91 Å². The number of aromatic nitrogens is 1. The van der Waals surface area contributed by atoms with Crippen molar-refractivity contribution in [3.05, 3.63) is 28.5 Å². The molecular formula is C11H16BrN3O. The number of halogens is 1. The fourth-order valence-electron chi connectivity index (χ4n) is 1.20. The first-order valence-electron chi connectivity index (χ1n) is 5.14. The molecule has 4 nitrogen and oxygen atoms in total. The van der Waals surface area contributed by atoms with Crippen LogP contribution in [0.2, 0.25) is 0 Å². The molecule has 88 valence electrons. The lowest BCUT2D eigenvalue weighted by molar-refractivity contribution is 0.0947. The van der Waals surface area contributed by atoms with Gasteiger partial charge in [-0.1, -0.05) is 0 Å². The zero-order valence-electron chi connectivity index (χ0n) is 9.53. The second kappa shape index (κ2) is 6.60. The number of hydrogen-bond donors (Lipinski definition) is 1. The molecule has 0 saturated heterocycles. The zero-order chi connectivity index (χ0) is 12.0. The molecule has 0 unspecified atom stereocenters. The molecule has 0 aliphatic rings. The summed E-state index contributed by atoms with van der Waals surface area (Å²) in [5.41, 5.74) is 0.452. The van der Waals surface area contributed by atoms with Gasteiger partial charge < -0.3 is 10.2 Å². The summed E-state index contributed by atoms with van der Waals surface area (Å²) in [5, 5.41) is 2.83. The zero-order valence-corrected chi connectivity index (χ0v) is 11.1. The average Bonchev–Trinajstić information content (AvgIpc) is 2.25. The van der Waals surface area contributed by atoms with Crippen molar-refractivity contribution in [2.45, 2.75) is 6.42 Å². The number of carbonyl (C=O) groups is 1. The monoisotopic (exact) mass is 285 g/mol. The van der Waals surface area contributed by atoms with E-state index in [9.17, 15) is 4.79 Å².